The highest BCUT2D eigenvalue weighted by atomic mass is 15.1. The van der Waals surface area contributed by atoms with Crippen LogP contribution in [-0.2, 0) is 6.42 Å². The van der Waals surface area contributed by atoms with E-state index in [1.165, 1.54) is 0 Å². The van der Waals surface area contributed by atoms with E-state index in [0.717, 1.165) is 78.6 Å². The summed E-state index contributed by atoms with van der Waals surface area (Å²) in [5.41, 5.74) is 8.37. The van der Waals surface area contributed by atoms with Gasteiger partial charge in [0.05, 0.1) is 22.2 Å². The summed E-state index contributed by atoms with van der Waals surface area (Å²) in [4.78, 5) is 33.6. The minimum atomic E-state index is 0.548. The second kappa shape index (κ2) is 11.8. The van der Waals surface area contributed by atoms with Crippen LogP contribution >= 0.6 is 0 Å². The van der Waals surface area contributed by atoms with E-state index in [1.54, 1.807) is 24.8 Å². The molecule has 9 aromatic rings. The number of aromatic nitrogens is 8. The van der Waals surface area contributed by atoms with E-state index in [9.17, 15) is 0 Å². The van der Waals surface area contributed by atoms with Crippen molar-refractivity contribution in [2.45, 2.75) is 13.3 Å². The standard InChI is InChI=1S/C41H28N8/c1-2-35-45-38-34(49(35)30-12-4-3-5-13-30)21-20-32-31-14-6-7-15-33(31)44-37(36(32)38)26-16-18-27(19-17-26)39-46-40(28-10-8-22-42-24-28)48-41(47-39)29-11-9-23-43-25-29/h3-25H,2H2,1H3. The summed E-state index contributed by atoms with van der Waals surface area (Å²) in [6, 6.07) is 39.1. The Hall–Kier alpha value is -6.67. The third kappa shape index (κ3) is 4.98. The topological polar surface area (TPSA) is 95.2 Å². The van der Waals surface area contributed by atoms with Gasteiger partial charge in [-0.2, -0.15) is 0 Å². The molecule has 0 bridgehead atoms. The van der Waals surface area contributed by atoms with Gasteiger partial charge in [0.15, 0.2) is 17.5 Å². The molecule has 0 aliphatic heterocycles. The first-order valence-electron chi connectivity index (χ1n) is 16.2. The Morgan fingerprint density at radius 2 is 1.14 bits per heavy atom. The highest BCUT2D eigenvalue weighted by Crippen LogP contribution is 2.38. The number of nitrogens with zero attached hydrogens (tertiary/aromatic N) is 8. The Labute approximate surface area is 281 Å². The third-order valence-electron chi connectivity index (χ3n) is 8.78. The van der Waals surface area contributed by atoms with Gasteiger partial charge in [-0.1, -0.05) is 73.7 Å². The summed E-state index contributed by atoms with van der Waals surface area (Å²) >= 11 is 0. The molecule has 0 atom stereocenters. The van der Waals surface area contributed by atoms with Crippen molar-refractivity contribution in [3.63, 3.8) is 0 Å². The zero-order chi connectivity index (χ0) is 32.7. The van der Waals surface area contributed by atoms with E-state index in [2.05, 4.69) is 88.2 Å². The second-order valence-corrected chi connectivity index (χ2v) is 11.8. The van der Waals surface area contributed by atoms with Crippen molar-refractivity contribution in [1.29, 1.82) is 0 Å². The number of imidazole rings is 1. The molecule has 9 rings (SSSR count). The number of hydrogen-bond acceptors (Lipinski definition) is 7. The van der Waals surface area contributed by atoms with Gasteiger partial charge in [-0.05, 0) is 53.9 Å². The van der Waals surface area contributed by atoms with Crippen LogP contribution in [0, 0.1) is 0 Å². The fraction of sp³-hybridized carbons (Fsp3) is 0.0488. The van der Waals surface area contributed by atoms with Crippen molar-refractivity contribution in [3.05, 3.63) is 146 Å². The van der Waals surface area contributed by atoms with Crippen LogP contribution < -0.4 is 0 Å². The van der Waals surface area contributed by atoms with E-state index >= 15 is 0 Å². The molecule has 232 valence electrons. The maximum atomic E-state index is 5.27. The Kier molecular flexibility index (Phi) is 6.90. The maximum absolute atomic E-state index is 5.27. The maximum Gasteiger partial charge on any atom is 0.165 e. The number of para-hydroxylation sites is 2. The summed E-state index contributed by atoms with van der Waals surface area (Å²) in [5.74, 6) is 2.66. The average Bonchev–Trinajstić information content (AvgIpc) is 3.57. The molecule has 0 aliphatic rings. The molecule has 49 heavy (non-hydrogen) atoms. The zero-order valence-corrected chi connectivity index (χ0v) is 26.6. The molecule has 0 amide bonds. The molecule has 5 aromatic heterocycles. The molecule has 5 heterocycles. The number of rotatable bonds is 6. The fourth-order valence-electron chi connectivity index (χ4n) is 6.47. The Balaban J connectivity index is 1.23. The molecular weight excluding hydrogens is 605 g/mol. The molecule has 0 saturated carbocycles. The van der Waals surface area contributed by atoms with E-state index in [0.29, 0.717) is 17.5 Å². The van der Waals surface area contributed by atoms with Gasteiger partial charge >= 0.3 is 0 Å². The molecule has 0 spiro atoms. The Morgan fingerprint density at radius 3 is 1.80 bits per heavy atom. The van der Waals surface area contributed by atoms with E-state index in [4.69, 9.17) is 24.9 Å². The summed E-state index contributed by atoms with van der Waals surface area (Å²) in [5, 5.41) is 3.26. The van der Waals surface area contributed by atoms with Gasteiger partial charge in [0.25, 0.3) is 0 Å². The smallest absolute Gasteiger partial charge is 0.165 e. The van der Waals surface area contributed by atoms with Crippen LogP contribution in [0.2, 0.25) is 0 Å². The first kappa shape index (κ1) is 28.5. The molecule has 0 fully saturated rings. The number of hydrogen-bond donors (Lipinski definition) is 0. The van der Waals surface area contributed by atoms with Gasteiger partial charge < -0.3 is 0 Å². The third-order valence-corrected chi connectivity index (χ3v) is 8.78. The monoisotopic (exact) mass is 632 g/mol. The Morgan fingerprint density at radius 1 is 0.510 bits per heavy atom. The van der Waals surface area contributed by atoms with Crippen LogP contribution in [-0.4, -0.2) is 39.5 Å². The van der Waals surface area contributed by atoms with Gasteiger partial charge in [0, 0.05) is 69.9 Å². The lowest BCUT2D eigenvalue weighted by molar-refractivity contribution is 0.908. The number of pyridine rings is 3. The predicted molar refractivity (Wildman–Crippen MR) is 194 cm³/mol. The van der Waals surface area contributed by atoms with Crippen molar-refractivity contribution < 1.29 is 0 Å². The van der Waals surface area contributed by atoms with Crippen molar-refractivity contribution in [2.24, 2.45) is 0 Å². The average molecular weight is 633 g/mol. The zero-order valence-electron chi connectivity index (χ0n) is 26.6. The molecule has 0 aliphatic carbocycles. The summed E-state index contributed by atoms with van der Waals surface area (Å²) in [6.45, 7) is 2.15. The highest BCUT2D eigenvalue weighted by Gasteiger charge is 2.20. The highest BCUT2D eigenvalue weighted by molar-refractivity contribution is 6.19. The summed E-state index contributed by atoms with van der Waals surface area (Å²) < 4.78 is 2.26. The van der Waals surface area contributed by atoms with Crippen LogP contribution in [0.15, 0.2) is 140 Å². The van der Waals surface area contributed by atoms with Crippen LogP contribution in [0.1, 0.15) is 12.7 Å². The van der Waals surface area contributed by atoms with Gasteiger partial charge in [-0.25, -0.2) is 24.9 Å². The number of aryl methyl sites for hydroxylation is 1. The Bertz CT molecular complexity index is 2560. The number of benzene rings is 4. The largest absolute Gasteiger partial charge is 0.296 e. The van der Waals surface area contributed by atoms with Crippen molar-refractivity contribution in [1.82, 2.24) is 39.5 Å². The second-order valence-electron chi connectivity index (χ2n) is 11.8. The lowest BCUT2D eigenvalue weighted by Crippen LogP contribution is -2.00. The first-order valence-corrected chi connectivity index (χ1v) is 16.2. The minimum Gasteiger partial charge on any atom is -0.296 e. The van der Waals surface area contributed by atoms with Crippen LogP contribution in [0.5, 0.6) is 0 Å². The van der Waals surface area contributed by atoms with Gasteiger partial charge in [-0.3, -0.25) is 14.5 Å². The van der Waals surface area contributed by atoms with Crippen LogP contribution in [0.4, 0.5) is 0 Å². The normalized spacial score (nSPS) is 11.4. The molecule has 0 N–H and O–H groups in total. The van der Waals surface area contributed by atoms with Crippen molar-refractivity contribution >= 4 is 32.7 Å². The lowest BCUT2D eigenvalue weighted by Gasteiger charge is -2.12. The molecule has 4 aromatic carbocycles. The van der Waals surface area contributed by atoms with E-state index in [-0.39, 0.29) is 0 Å². The number of fused-ring (bicyclic) bond motifs is 5. The molecular formula is C41H28N8. The molecule has 0 saturated heterocycles. The van der Waals surface area contributed by atoms with E-state index in [1.807, 2.05) is 48.5 Å². The van der Waals surface area contributed by atoms with Crippen molar-refractivity contribution in [3.8, 4) is 51.1 Å². The molecule has 0 radical (unpaired) electrons. The predicted octanol–water partition coefficient (Wildman–Crippen LogP) is 8.93. The lowest BCUT2D eigenvalue weighted by atomic mass is 9.98. The van der Waals surface area contributed by atoms with Crippen molar-refractivity contribution in [2.75, 3.05) is 0 Å². The van der Waals surface area contributed by atoms with Gasteiger partial charge in [0.2, 0.25) is 0 Å². The minimum absolute atomic E-state index is 0.548. The molecule has 8 heteroatoms. The van der Waals surface area contributed by atoms with Gasteiger partial charge in [-0.15, -0.1) is 0 Å². The van der Waals surface area contributed by atoms with Crippen LogP contribution in [0.25, 0.3) is 83.8 Å². The first-order chi connectivity index (χ1) is 24.2. The summed E-state index contributed by atoms with van der Waals surface area (Å²) in [6.07, 6.45) is 7.79. The SMILES string of the molecule is CCc1nc2c3c(-c4ccc(-c5nc(-c6cccnc6)nc(-c6cccnc6)n5)cc4)nc4ccccc4c3ccc2n1-c1ccccc1. The molecule has 0 unspecified atom stereocenters. The quantitative estimate of drug-likeness (QED) is 0.169. The van der Waals surface area contributed by atoms with Gasteiger partial charge in [0.1, 0.15) is 5.82 Å². The summed E-state index contributed by atoms with van der Waals surface area (Å²) in [7, 11) is 0. The van der Waals surface area contributed by atoms with E-state index < -0.39 is 0 Å². The van der Waals surface area contributed by atoms with Crippen LogP contribution in [0.3, 0.4) is 0 Å². The fourth-order valence-corrected chi connectivity index (χ4v) is 6.47. The molecule has 8 nitrogen and oxygen atoms in total.